The maximum absolute atomic E-state index is 13.1. The van der Waals surface area contributed by atoms with E-state index in [-0.39, 0.29) is 16.2 Å². The molecule has 8 heteroatoms. The van der Waals surface area contributed by atoms with Gasteiger partial charge >= 0.3 is 10.1 Å². The Hall–Kier alpha value is -4.01. The number of imidazole rings is 1. The summed E-state index contributed by atoms with van der Waals surface area (Å²) in [5.74, 6) is 0.144. The molecule has 0 unspecified atom stereocenters. The Labute approximate surface area is 198 Å². The second-order valence-corrected chi connectivity index (χ2v) is 10.3. The molecule has 166 valence electrons. The van der Waals surface area contributed by atoms with Gasteiger partial charge < -0.3 is 4.18 Å². The summed E-state index contributed by atoms with van der Waals surface area (Å²) in [7, 11) is -4.08. The van der Waals surface area contributed by atoms with Crippen LogP contribution < -0.4 is 14.3 Å². The van der Waals surface area contributed by atoms with Crippen LogP contribution in [0.1, 0.15) is 5.56 Å². The van der Waals surface area contributed by atoms with Gasteiger partial charge in [0.15, 0.2) is 4.96 Å². The molecule has 6 rings (SSSR count). The Balaban J connectivity index is 1.43. The molecule has 0 saturated heterocycles. The zero-order valence-corrected chi connectivity index (χ0v) is 19.2. The second kappa shape index (κ2) is 7.79. The number of thiazole rings is 1. The molecule has 4 aromatic carbocycles. The Morgan fingerprint density at radius 1 is 0.853 bits per heavy atom. The highest BCUT2D eigenvalue weighted by atomic mass is 32.2. The highest BCUT2D eigenvalue weighted by molar-refractivity contribution is 7.87. The normalized spacial score (nSPS) is 12.6. The molecule has 0 aliphatic carbocycles. The van der Waals surface area contributed by atoms with Gasteiger partial charge in [-0.25, -0.2) is 9.38 Å². The van der Waals surface area contributed by atoms with Crippen molar-refractivity contribution >= 4 is 54.3 Å². The molecule has 0 bridgehead atoms. The largest absolute Gasteiger partial charge is 0.378 e. The van der Waals surface area contributed by atoms with Crippen LogP contribution in [0.2, 0.25) is 0 Å². The predicted octanol–water partition coefficient (Wildman–Crippen LogP) is 4.38. The third-order valence-corrected chi connectivity index (χ3v) is 7.76. The van der Waals surface area contributed by atoms with Crippen LogP contribution >= 0.6 is 11.3 Å². The average molecular weight is 485 g/mol. The summed E-state index contributed by atoms with van der Waals surface area (Å²) in [6, 6.07) is 26.6. The van der Waals surface area contributed by atoms with E-state index in [9.17, 15) is 13.2 Å². The minimum atomic E-state index is -4.08. The number of fused-ring (bicyclic) bond motifs is 4. The van der Waals surface area contributed by atoms with Gasteiger partial charge in [0, 0.05) is 5.56 Å². The molecule has 2 aromatic heterocycles. The molecule has 0 spiro atoms. The van der Waals surface area contributed by atoms with Gasteiger partial charge in [-0.15, -0.1) is 0 Å². The highest BCUT2D eigenvalue weighted by Crippen LogP contribution is 2.26. The minimum Gasteiger partial charge on any atom is -0.378 e. The van der Waals surface area contributed by atoms with Crippen LogP contribution in [0.15, 0.2) is 101 Å². The van der Waals surface area contributed by atoms with Crippen molar-refractivity contribution in [1.29, 1.82) is 0 Å². The predicted molar refractivity (Wildman–Crippen MR) is 134 cm³/mol. The van der Waals surface area contributed by atoms with Gasteiger partial charge in [-0.1, -0.05) is 72.0 Å². The van der Waals surface area contributed by atoms with Crippen LogP contribution in [0.3, 0.4) is 0 Å². The van der Waals surface area contributed by atoms with E-state index in [2.05, 4.69) is 4.98 Å². The quantitative estimate of drug-likeness (QED) is 0.347. The summed E-state index contributed by atoms with van der Waals surface area (Å²) >= 11 is 1.25. The van der Waals surface area contributed by atoms with Crippen molar-refractivity contribution in [2.45, 2.75) is 4.90 Å². The number of nitrogens with zero attached hydrogens (tertiary/aromatic N) is 2. The summed E-state index contributed by atoms with van der Waals surface area (Å²) in [4.78, 5) is 18.3. The van der Waals surface area contributed by atoms with E-state index < -0.39 is 10.1 Å². The van der Waals surface area contributed by atoms with E-state index in [0.717, 1.165) is 21.8 Å². The molecule has 6 aromatic rings. The molecule has 0 aliphatic rings. The Morgan fingerprint density at radius 2 is 1.59 bits per heavy atom. The summed E-state index contributed by atoms with van der Waals surface area (Å²) in [5, 5.41) is 1.74. The summed E-state index contributed by atoms with van der Waals surface area (Å²) in [5.41, 5.74) is 1.77. The fourth-order valence-electron chi connectivity index (χ4n) is 3.92. The van der Waals surface area contributed by atoms with E-state index in [1.165, 1.54) is 17.4 Å². The zero-order valence-electron chi connectivity index (χ0n) is 17.6. The monoisotopic (exact) mass is 484 g/mol. The first-order valence-corrected chi connectivity index (χ1v) is 12.7. The molecule has 0 amide bonds. The lowest BCUT2D eigenvalue weighted by molar-refractivity contribution is 0.485. The van der Waals surface area contributed by atoms with Gasteiger partial charge in [-0.05, 0) is 47.2 Å². The lowest BCUT2D eigenvalue weighted by Gasteiger charge is -2.10. The highest BCUT2D eigenvalue weighted by Gasteiger charge is 2.19. The molecular formula is C26H16N2O4S2. The Bertz CT molecular complexity index is 1940. The summed E-state index contributed by atoms with van der Waals surface area (Å²) in [6.45, 7) is 0. The van der Waals surface area contributed by atoms with Crippen molar-refractivity contribution < 1.29 is 12.6 Å². The third-order valence-electron chi connectivity index (χ3n) is 5.56. The SMILES string of the molecule is O=c1/c(=C/c2ccccc2OS(=O)(=O)c2ccc3ccccc3c2)sc2nc3ccccc3n12. The maximum Gasteiger partial charge on any atom is 0.339 e. The number of hydrogen-bond acceptors (Lipinski definition) is 6. The van der Waals surface area contributed by atoms with Crippen LogP contribution in [-0.4, -0.2) is 17.8 Å². The lowest BCUT2D eigenvalue weighted by Crippen LogP contribution is -2.22. The molecule has 0 fully saturated rings. The number of rotatable bonds is 4. The Morgan fingerprint density at radius 3 is 2.47 bits per heavy atom. The average Bonchev–Trinajstić information content (AvgIpc) is 3.36. The van der Waals surface area contributed by atoms with Crippen molar-refractivity contribution in [3.8, 4) is 5.75 Å². The fraction of sp³-hybridized carbons (Fsp3) is 0. The van der Waals surface area contributed by atoms with Gasteiger partial charge in [0.25, 0.3) is 5.56 Å². The molecule has 0 atom stereocenters. The number of para-hydroxylation sites is 3. The maximum atomic E-state index is 13.1. The molecule has 6 nitrogen and oxygen atoms in total. The molecule has 0 saturated carbocycles. The summed E-state index contributed by atoms with van der Waals surface area (Å²) in [6.07, 6.45) is 1.64. The molecular weight excluding hydrogens is 468 g/mol. The van der Waals surface area contributed by atoms with Crippen LogP contribution in [0.25, 0.3) is 32.8 Å². The van der Waals surface area contributed by atoms with E-state index in [4.69, 9.17) is 4.18 Å². The van der Waals surface area contributed by atoms with Crippen molar-refractivity contribution in [2.24, 2.45) is 0 Å². The minimum absolute atomic E-state index is 0.0616. The van der Waals surface area contributed by atoms with Crippen molar-refractivity contribution in [3.05, 3.63) is 111 Å². The topological polar surface area (TPSA) is 77.7 Å². The van der Waals surface area contributed by atoms with Crippen LogP contribution in [0, 0.1) is 0 Å². The van der Waals surface area contributed by atoms with Gasteiger partial charge in [-0.2, -0.15) is 8.42 Å². The van der Waals surface area contributed by atoms with Gasteiger partial charge in [-0.3, -0.25) is 4.79 Å². The zero-order chi connectivity index (χ0) is 23.3. The van der Waals surface area contributed by atoms with E-state index in [1.54, 1.807) is 46.9 Å². The van der Waals surface area contributed by atoms with Crippen LogP contribution in [0.4, 0.5) is 0 Å². The van der Waals surface area contributed by atoms with E-state index in [1.807, 2.05) is 48.5 Å². The van der Waals surface area contributed by atoms with Crippen molar-refractivity contribution in [1.82, 2.24) is 9.38 Å². The van der Waals surface area contributed by atoms with E-state index >= 15 is 0 Å². The third kappa shape index (κ3) is 3.44. The van der Waals surface area contributed by atoms with Crippen molar-refractivity contribution in [3.63, 3.8) is 0 Å². The van der Waals surface area contributed by atoms with Crippen molar-refractivity contribution in [2.75, 3.05) is 0 Å². The number of aromatic nitrogens is 2. The van der Waals surface area contributed by atoms with E-state index in [0.29, 0.717) is 15.1 Å². The first-order chi connectivity index (χ1) is 16.5. The lowest BCUT2D eigenvalue weighted by atomic mass is 10.1. The smallest absolute Gasteiger partial charge is 0.339 e. The van der Waals surface area contributed by atoms with Crippen LogP contribution in [0.5, 0.6) is 5.75 Å². The Kier molecular flexibility index (Phi) is 4.72. The first-order valence-electron chi connectivity index (χ1n) is 10.4. The number of hydrogen-bond donors (Lipinski definition) is 0. The molecule has 34 heavy (non-hydrogen) atoms. The fourth-order valence-corrected chi connectivity index (χ4v) is 5.89. The van der Waals surface area contributed by atoms with Gasteiger partial charge in [0.05, 0.1) is 15.6 Å². The van der Waals surface area contributed by atoms with Gasteiger partial charge in [0.2, 0.25) is 0 Å². The van der Waals surface area contributed by atoms with Crippen LogP contribution in [-0.2, 0) is 10.1 Å². The molecule has 0 N–H and O–H groups in total. The standard InChI is InChI=1S/C26H16N2O4S2/c29-25-24(33-26-27-21-10-4-5-11-22(21)28(25)26)16-19-9-3-6-12-23(19)32-34(30,31)20-14-13-17-7-1-2-8-18(17)15-20/h1-16H/b24-16-. The second-order valence-electron chi connectivity index (χ2n) is 7.72. The molecule has 0 aliphatic heterocycles. The number of benzene rings is 4. The molecule has 0 radical (unpaired) electrons. The molecule has 2 heterocycles. The van der Waals surface area contributed by atoms with Gasteiger partial charge in [0.1, 0.15) is 10.6 Å². The first kappa shape index (κ1) is 20.6. The summed E-state index contributed by atoms with van der Waals surface area (Å²) < 4.78 is 33.6.